The number of carbonyl (C=O) groups excluding carboxylic acids is 1. The molecule has 0 saturated heterocycles. The van der Waals surface area contributed by atoms with Crippen LogP contribution in [0.1, 0.15) is 27.8 Å². The van der Waals surface area contributed by atoms with Gasteiger partial charge in [0.15, 0.2) is 11.5 Å². The number of para-hydroxylation sites is 1. The maximum absolute atomic E-state index is 12.3. The minimum atomic E-state index is -0.175. The van der Waals surface area contributed by atoms with Crippen LogP contribution >= 0.6 is 0 Å². The SMILES string of the molecule is COc1cc(/C=C/C(=O)Nc2c(C)cccc2C)ccc1OCc1ccccc1C. The number of amides is 1. The first-order valence-corrected chi connectivity index (χ1v) is 9.88. The number of nitrogens with one attached hydrogen (secondary N) is 1. The zero-order chi connectivity index (χ0) is 21.5. The first-order valence-electron chi connectivity index (χ1n) is 9.88. The molecule has 3 rings (SSSR count). The van der Waals surface area contributed by atoms with Crippen LogP contribution in [0.4, 0.5) is 5.69 Å². The van der Waals surface area contributed by atoms with E-state index in [-0.39, 0.29) is 5.91 Å². The largest absolute Gasteiger partial charge is 0.493 e. The number of rotatable bonds is 7. The highest BCUT2D eigenvalue weighted by molar-refractivity contribution is 6.02. The van der Waals surface area contributed by atoms with Crippen molar-refractivity contribution in [3.05, 3.63) is 94.6 Å². The van der Waals surface area contributed by atoms with Crippen molar-refractivity contribution in [1.82, 2.24) is 0 Å². The molecule has 0 aliphatic heterocycles. The van der Waals surface area contributed by atoms with Gasteiger partial charge >= 0.3 is 0 Å². The van der Waals surface area contributed by atoms with Crippen LogP contribution in [0, 0.1) is 20.8 Å². The minimum Gasteiger partial charge on any atom is -0.493 e. The van der Waals surface area contributed by atoms with Crippen LogP contribution in [-0.2, 0) is 11.4 Å². The van der Waals surface area contributed by atoms with Gasteiger partial charge in [-0.25, -0.2) is 0 Å². The monoisotopic (exact) mass is 401 g/mol. The average Bonchev–Trinajstić information content (AvgIpc) is 2.74. The Morgan fingerprint density at radius 2 is 1.60 bits per heavy atom. The van der Waals surface area contributed by atoms with Crippen molar-refractivity contribution >= 4 is 17.7 Å². The van der Waals surface area contributed by atoms with Gasteiger partial charge in [0.25, 0.3) is 0 Å². The lowest BCUT2D eigenvalue weighted by Gasteiger charge is -2.12. The van der Waals surface area contributed by atoms with E-state index in [0.29, 0.717) is 18.1 Å². The fourth-order valence-corrected chi connectivity index (χ4v) is 3.18. The van der Waals surface area contributed by atoms with Gasteiger partial charge in [0.05, 0.1) is 7.11 Å². The molecule has 0 aromatic heterocycles. The Bertz CT molecular complexity index is 1050. The molecular weight excluding hydrogens is 374 g/mol. The lowest BCUT2D eigenvalue weighted by molar-refractivity contribution is -0.111. The normalized spacial score (nSPS) is 10.8. The van der Waals surface area contributed by atoms with E-state index < -0.39 is 0 Å². The smallest absolute Gasteiger partial charge is 0.248 e. The summed E-state index contributed by atoms with van der Waals surface area (Å²) in [5, 5.41) is 2.95. The van der Waals surface area contributed by atoms with E-state index in [9.17, 15) is 4.79 Å². The summed E-state index contributed by atoms with van der Waals surface area (Å²) in [7, 11) is 1.61. The van der Waals surface area contributed by atoms with Gasteiger partial charge in [-0.2, -0.15) is 0 Å². The van der Waals surface area contributed by atoms with E-state index in [2.05, 4.69) is 18.3 Å². The van der Waals surface area contributed by atoms with E-state index in [4.69, 9.17) is 9.47 Å². The van der Waals surface area contributed by atoms with Crippen molar-refractivity contribution in [2.24, 2.45) is 0 Å². The topological polar surface area (TPSA) is 47.6 Å². The summed E-state index contributed by atoms with van der Waals surface area (Å²) < 4.78 is 11.4. The number of methoxy groups -OCH3 is 1. The molecule has 0 spiro atoms. The molecule has 30 heavy (non-hydrogen) atoms. The van der Waals surface area contributed by atoms with E-state index in [1.807, 2.05) is 68.4 Å². The molecule has 0 aliphatic carbocycles. The second kappa shape index (κ2) is 9.79. The molecule has 1 N–H and O–H groups in total. The van der Waals surface area contributed by atoms with Crippen molar-refractivity contribution in [3.63, 3.8) is 0 Å². The number of ether oxygens (including phenoxy) is 2. The lowest BCUT2D eigenvalue weighted by atomic mass is 10.1. The predicted octanol–water partition coefficient (Wildman–Crippen LogP) is 5.85. The second-order valence-corrected chi connectivity index (χ2v) is 7.21. The molecule has 0 saturated carbocycles. The minimum absolute atomic E-state index is 0.175. The Labute approximate surface area is 178 Å². The molecule has 0 aliphatic rings. The van der Waals surface area contributed by atoms with Gasteiger partial charge < -0.3 is 14.8 Å². The number of hydrogen-bond donors (Lipinski definition) is 1. The summed E-state index contributed by atoms with van der Waals surface area (Å²) in [6.07, 6.45) is 3.28. The first-order chi connectivity index (χ1) is 14.5. The molecular formula is C26H27NO3. The van der Waals surface area contributed by atoms with E-state index in [1.165, 1.54) is 11.6 Å². The van der Waals surface area contributed by atoms with Crippen LogP contribution < -0.4 is 14.8 Å². The Morgan fingerprint density at radius 1 is 0.900 bits per heavy atom. The zero-order valence-electron chi connectivity index (χ0n) is 17.9. The van der Waals surface area contributed by atoms with Gasteiger partial charge in [-0.3, -0.25) is 4.79 Å². The highest BCUT2D eigenvalue weighted by atomic mass is 16.5. The number of carbonyl (C=O) groups is 1. The summed E-state index contributed by atoms with van der Waals surface area (Å²) >= 11 is 0. The maximum atomic E-state index is 12.3. The zero-order valence-corrected chi connectivity index (χ0v) is 17.9. The van der Waals surface area contributed by atoms with E-state index in [1.54, 1.807) is 13.2 Å². The Kier molecular flexibility index (Phi) is 6.91. The van der Waals surface area contributed by atoms with Crippen molar-refractivity contribution in [2.75, 3.05) is 12.4 Å². The van der Waals surface area contributed by atoms with Gasteiger partial charge in [0.1, 0.15) is 6.61 Å². The maximum Gasteiger partial charge on any atom is 0.248 e. The molecule has 0 bridgehead atoms. The Morgan fingerprint density at radius 3 is 2.30 bits per heavy atom. The van der Waals surface area contributed by atoms with Gasteiger partial charge in [-0.05, 0) is 66.8 Å². The Hall–Kier alpha value is -3.53. The van der Waals surface area contributed by atoms with E-state index in [0.717, 1.165) is 27.9 Å². The molecule has 0 radical (unpaired) electrons. The molecule has 3 aromatic carbocycles. The first kappa shape index (κ1) is 21.2. The van der Waals surface area contributed by atoms with Crippen molar-refractivity contribution in [3.8, 4) is 11.5 Å². The molecule has 0 atom stereocenters. The van der Waals surface area contributed by atoms with Crippen LogP contribution in [0.15, 0.2) is 66.7 Å². The summed E-state index contributed by atoms with van der Waals surface area (Å²) in [5.41, 5.74) is 6.09. The molecule has 0 unspecified atom stereocenters. The summed E-state index contributed by atoms with van der Waals surface area (Å²) in [5.74, 6) is 1.12. The third-order valence-corrected chi connectivity index (χ3v) is 4.99. The van der Waals surface area contributed by atoms with Gasteiger partial charge in [0.2, 0.25) is 5.91 Å². The van der Waals surface area contributed by atoms with Crippen LogP contribution in [0.2, 0.25) is 0 Å². The van der Waals surface area contributed by atoms with Gasteiger partial charge in [-0.1, -0.05) is 48.5 Å². The highest BCUT2D eigenvalue weighted by Gasteiger charge is 2.08. The third-order valence-electron chi connectivity index (χ3n) is 4.99. The number of benzene rings is 3. The standard InChI is InChI=1S/C26H27NO3/c1-18-8-5-6-11-22(18)17-30-23-14-12-21(16-24(23)29-4)13-15-25(28)27-26-19(2)9-7-10-20(26)3/h5-16H,17H2,1-4H3,(H,27,28)/b15-13+. The summed E-state index contributed by atoms with van der Waals surface area (Å²) in [4.78, 5) is 12.3. The second-order valence-electron chi connectivity index (χ2n) is 7.21. The predicted molar refractivity (Wildman–Crippen MR) is 122 cm³/mol. The van der Waals surface area contributed by atoms with Crippen molar-refractivity contribution in [1.29, 1.82) is 0 Å². The summed E-state index contributed by atoms with van der Waals surface area (Å²) in [6.45, 7) is 6.49. The number of aryl methyl sites for hydroxylation is 3. The lowest BCUT2D eigenvalue weighted by Crippen LogP contribution is -2.10. The average molecular weight is 402 g/mol. The number of hydrogen-bond acceptors (Lipinski definition) is 3. The van der Waals surface area contributed by atoms with Crippen LogP contribution in [0.5, 0.6) is 11.5 Å². The van der Waals surface area contributed by atoms with Crippen LogP contribution in [-0.4, -0.2) is 13.0 Å². The van der Waals surface area contributed by atoms with Gasteiger partial charge in [-0.15, -0.1) is 0 Å². The van der Waals surface area contributed by atoms with Crippen molar-refractivity contribution in [2.45, 2.75) is 27.4 Å². The fraction of sp³-hybridized carbons (Fsp3) is 0.192. The van der Waals surface area contributed by atoms with Crippen molar-refractivity contribution < 1.29 is 14.3 Å². The molecule has 3 aromatic rings. The highest BCUT2D eigenvalue weighted by Crippen LogP contribution is 2.29. The third kappa shape index (κ3) is 5.29. The van der Waals surface area contributed by atoms with Gasteiger partial charge in [0, 0.05) is 11.8 Å². The molecule has 4 nitrogen and oxygen atoms in total. The molecule has 0 heterocycles. The quantitative estimate of drug-likeness (QED) is 0.505. The molecule has 1 amide bonds. The summed E-state index contributed by atoms with van der Waals surface area (Å²) in [6, 6.07) is 19.7. The Balaban J connectivity index is 1.68. The number of anilines is 1. The molecule has 4 heteroatoms. The molecule has 0 fully saturated rings. The molecule has 154 valence electrons. The van der Waals surface area contributed by atoms with Crippen LogP contribution in [0.25, 0.3) is 6.08 Å². The van der Waals surface area contributed by atoms with E-state index >= 15 is 0 Å². The fourth-order valence-electron chi connectivity index (χ4n) is 3.18. The van der Waals surface area contributed by atoms with Crippen LogP contribution in [0.3, 0.4) is 0 Å².